The Morgan fingerprint density at radius 1 is 1.15 bits per heavy atom. The van der Waals surface area contributed by atoms with Gasteiger partial charge < -0.3 is 11.1 Å². The van der Waals surface area contributed by atoms with Crippen molar-refractivity contribution in [2.24, 2.45) is 11.1 Å². The summed E-state index contributed by atoms with van der Waals surface area (Å²) in [4.78, 5) is 12.1. The first-order valence-electron chi connectivity index (χ1n) is 7.58. The normalized spacial score (nSPS) is 11.3. The van der Waals surface area contributed by atoms with E-state index in [2.05, 4.69) is 29.6 Å². The lowest BCUT2D eigenvalue weighted by atomic mass is 9.85. The molecule has 1 aromatic carbocycles. The molecule has 3 nitrogen and oxygen atoms in total. The van der Waals surface area contributed by atoms with Crippen LogP contribution in [0, 0.1) is 5.41 Å². The number of amides is 1. The highest BCUT2D eigenvalue weighted by atomic mass is 16.2. The standard InChI is InChI=1S/C17H28N2O/c1-17(2,16(20)19-14-7-6-13-18)12-8-11-15-9-4-3-5-10-15/h3-5,9-10H,6-8,11-14,18H2,1-2H3,(H,19,20). The van der Waals surface area contributed by atoms with Gasteiger partial charge in [0.1, 0.15) is 0 Å². The van der Waals surface area contributed by atoms with Gasteiger partial charge in [-0.2, -0.15) is 0 Å². The fraction of sp³-hybridized carbons (Fsp3) is 0.588. The van der Waals surface area contributed by atoms with Crippen molar-refractivity contribution in [1.82, 2.24) is 5.32 Å². The van der Waals surface area contributed by atoms with Crippen LogP contribution in [0.15, 0.2) is 30.3 Å². The van der Waals surface area contributed by atoms with Crippen LogP contribution in [-0.4, -0.2) is 19.0 Å². The smallest absolute Gasteiger partial charge is 0.225 e. The summed E-state index contributed by atoms with van der Waals surface area (Å²) in [5.41, 5.74) is 6.48. The van der Waals surface area contributed by atoms with Gasteiger partial charge in [-0.3, -0.25) is 4.79 Å². The largest absolute Gasteiger partial charge is 0.356 e. The number of carbonyl (C=O) groups is 1. The minimum Gasteiger partial charge on any atom is -0.356 e. The van der Waals surface area contributed by atoms with Crippen LogP contribution < -0.4 is 11.1 Å². The van der Waals surface area contributed by atoms with E-state index in [0.717, 1.165) is 38.6 Å². The van der Waals surface area contributed by atoms with Crippen LogP contribution in [-0.2, 0) is 11.2 Å². The van der Waals surface area contributed by atoms with Crippen molar-refractivity contribution >= 4 is 5.91 Å². The van der Waals surface area contributed by atoms with Gasteiger partial charge in [0, 0.05) is 12.0 Å². The topological polar surface area (TPSA) is 55.1 Å². The van der Waals surface area contributed by atoms with Gasteiger partial charge >= 0.3 is 0 Å². The van der Waals surface area contributed by atoms with Crippen molar-refractivity contribution in [2.45, 2.75) is 46.0 Å². The van der Waals surface area contributed by atoms with E-state index in [9.17, 15) is 4.79 Å². The molecule has 0 spiro atoms. The van der Waals surface area contributed by atoms with E-state index >= 15 is 0 Å². The molecule has 0 aromatic heterocycles. The van der Waals surface area contributed by atoms with Crippen LogP contribution in [0.4, 0.5) is 0 Å². The highest BCUT2D eigenvalue weighted by Crippen LogP contribution is 2.23. The molecule has 112 valence electrons. The number of carbonyl (C=O) groups excluding carboxylic acids is 1. The van der Waals surface area contributed by atoms with Gasteiger partial charge in [0.15, 0.2) is 0 Å². The van der Waals surface area contributed by atoms with Gasteiger partial charge in [0.05, 0.1) is 0 Å². The van der Waals surface area contributed by atoms with Crippen molar-refractivity contribution in [3.63, 3.8) is 0 Å². The molecule has 1 aromatic rings. The predicted molar refractivity (Wildman–Crippen MR) is 84.5 cm³/mol. The summed E-state index contributed by atoms with van der Waals surface area (Å²) >= 11 is 0. The Labute approximate surface area is 122 Å². The molecule has 1 amide bonds. The third kappa shape index (κ3) is 6.20. The second-order valence-electron chi connectivity index (χ2n) is 5.97. The Morgan fingerprint density at radius 3 is 2.50 bits per heavy atom. The molecular formula is C17H28N2O. The summed E-state index contributed by atoms with van der Waals surface area (Å²) in [7, 11) is 0. The van der Waals surface area contributed by atoms with Crippen LogP contribution in [0.1, 0.15) is 45.1 Å². The maximum Gasteiger partial charge on any atom is 0.225 e. The van der Waals surface area contributed by atoms with Crippen molar-refractivity contribution in [1.29, 1.82) is 0 Å². The Hall–Kier alpha value is -1.35. The third-order valence-electron chi connectivity index (χ3n) is 3.64. The Bertz CT molecular complexity index is 387. The second-order valence-corrected chi connectivity index (χ2v) is 5.97. The lowest BCUT2D eigenvalue weighted by molar-refractivity contribution is -0.129. The summed E-state index contributed by atoms with van der Waals surface area (Å²) in [6, 6.07) is 10.4. The number of nitrogens with two attached hydrogens (primary N) is 1. The molecule has 0 bridgehead atoms. The molecule has 0 aliphatic heterocycles. The molecule has 3 heteroatoms. The fourth-order valence-corrected chi connectivity index (χ4v) is 2.20. The van der Waals surface area contributed by atoms with Crippen molar-refractivity contribution in [3.05, 3.63) is 35.9 Å². The van der Waals surface area contributed by atoms with Gasteiger partial charge in [-0.15, -0.1) is 0 Å². The zero-order chi connectivity index (χ0) is 14.8. The zero-order valence-corrected chi connectivity index (χ0v) is 12.8. The molecule has 0 heterocycles. The minimum absolute atomic E-state index is 0.155. The van der Waals surface area contributed by atoms with Gasteiger partial charge in [-0.25, -0.2) is 0 Å². The second kappa shape index (κ2) is 8.75. The van der Waals surface area contributed by atoms with E-state index < -0.39 is 0 Å². The van der Waals surface area contributed by atoms with Crippen LogP contribution in [0.5, 0.6) is 0 Å². The highest BCUT2D eigenvalue weighted by Gasteiger charge is 2.26. The van der Waals surface area contributed by atoms with Gasteiger partial charge in [-0.1, -0.05) is 44.2 Å². The summed E-state index contributed by atoms with van der Waals surface area (Å²) in [5, 5.41) is 3.01. The zero-order valence-electron chi connectivity index (χ0n) is 12.8. The first-order chi connectivity index (χ1) is 9.56. The van der Waals surface area contributed by atoms with Crippen molar-refractivity contribution < 1.29 is 4.79 Å². The molecule has 0 atom stereocenters. The minimum atomic E-state index is -0.294. The summed E-state index contributed by atoms with van der Waals surface area (Å²) in [6.07, 6.45) is 4.90. The third-order valence-corrected chi connectivity index (χ3v) is 3.64. The molecule has 0 radical (unpaired) electrons. The van der Waals surface area contributed by atoms with E-state index in [0.29, 0.717) is 6.54 Å². The monoisotopic (exact) mass is 276 g/mol. The SMILES string of the molecule is CC(C)(CCCc1ccccc1)C(=O)NCCCCN. The van der Waals surface area contributed by atoms with E-state index in [1.807, 2.05) is 19.9 Å². The molecule has 0 aliphatic carbocycles. The lowest BCUT2D eigenvalue weighted by Crippen LogP contribution is -2.37. The number of unbranched alkanes of at least 4 members (excludes halogenated alkanes) is 1. The first kappa shape index (κ1) is 16.7. The molecule has 0 saturated carbocycles. The highest BCUT2D eigenvalue weighted by molar-refractivity contribution is 5.81. The van der Waals surface area contributed by atoms with Gasteiger partial charge in [0.25, 0.3) is 0 Å². The Balaban J connectivity index is 2.27. The Kier molecular flexibility index (Phi) is 7.31. The summed E-state index contributed by atoms with van der Waals surface area (Å²) in [6.45, 7) is 5.47. The van der Waals surface area contributed by atoms with E-state index in [1.54, 1.807) is 0 Å². The van der Waals surface area contributed by atoms with E-state index in [1.165, 1.54) is 5.56 Å². The lowest BCUT2D eigenvalue weighted by Gasteiger charge is -2.23. The molecule has 0 saturated heterocycles. The predicted octanol–water partition coefficient (Wildman–Crippen LogP) is 2.89. The molecule has 20 heavy (non-hydrogen) atoms. The Morgan fingerprint density at radius 2 is 1.85 bits per heavy atom. The van der Waals surface area contributed by atoms with Gasteiger partial charge in [-0.05, 0) is 44.2 Å². The quantitative estimate of drug-likeness (QED) is 0.681. The van der Waals surface area contributed by atoms with E-state index in [-0.39, 0.29) is 11.3 Å². The molecule has 3 N–H and O–H groups in total. The van der Waals surface area contributed by atoms with E-state index in [4.69, 9.17) is 5.73 Å². The maximum atomic E-state index is 12.1. The van der Waals surface area contributed by atoms with Gasteiger partial charge in [0.2, 0.25) is 5.91 Å². The molecule has 1 rings (SSSR count). The molecule has 0 unspecified atom stereocenters. The van der Waals surface area contributed by atoms with Crippen molar-refractivity contribution in [3.8, 4) is 0 Å². The number of hydrogen-bond donors (Lipinski definition) is 2. The fourth-order valence-electron chi connectivity index (χ4n) is 2.20. The maximum absolute atomic E-state index is 12.1. The van der Waals surface area contributed by atoms with Crippen LogP contribution in [0.25, 0.3) is 0 Å². The molecule has 0 aliphatic rings. The number of benzene rings is 1. The van der Waals surface area contributed by atoms with Crippen LogP contribution >= 0.6 is 0 Å². The number of aryl methyl sites for hydroxylation is 1. The van der Waals surface area contributed by atoms with Crippen LogP contribution in [0.2, 0.25) is 0 Å². The molecule has 0 fully saturated rings. The molecular weight excluding hydrogens is 248 g/mol. The summed E-state index contributed by atoms with van der Waals surface area (Å²) < 4.78 is 0. The van der Waals surface area contributed by atoms with Crippen molar-refractivity contribution in [2.75, 3.05) is 13.1 Å². The summed E-state index contributed by atoms with van der Waals surface area (Å²) in [5.74, 6) is 0.155. The van der Waals surface area contributed by atoms with Crippen LogP contribution in [0.3, 0.4) is 0 Å². The number of nitrogens with one attached hydrogen (secondary N) is 1. The average Bonchev–Trinajstić information content (AvgIpc) is 2.44. The average molecular weight is 276 g/mol. The first-order valence-corrected chi connectivity index (χ1v) is 7.58. The number of hydrogen-bond acceptors (Lipinski definition) is 2. The number of rotatable bonds is 9.